The summed E-state index contributed by atoms with van der Waals surface area (Å²) >= 11 is 0. The van der Waals surface area contributed by atoms with Gasteiger partial charge in [0.05, 0.1) is 30.5 Å². The quantitative estimate of drug-likeness (QED) is 0.753. The average molecular weight is 322 g/mol. The maximum absolute atomic E-state index is 12.7. The Morgan fingerprint density at radius 1 is 0.958 bits per heavy atom. The van der Waals surface area contributed by atoms with Gasteiger partial charge in [0.25, 0.3) is 5.56 Å². The Morgan fingerprint density at radius 3 is 2.12 bits per heavy atom. The summed E-state index contributed by atoms with van der Waals surface area (Å²) < 4.78 is 1.21. The smallest absolute Gasteiger partial charge is 0.274 e. The van der Waals surface area contributed by atoms with Crippen molar-refractivity contribution in [3.63, 3.8) is 0 Å². The van der Waals surface area contributed by atoms with Crippen molar-refractivity contribution in [2.75, 3.05) is 6.61 Å². The van der Waals surface area contributed by atoms with Crippen molar-refractivity contribution < 1.29 is 10.2 Å². The van der Waals surface area contributed by atoms with Gasteiger partial charge in [0.1, 0.15) is 0 Å². The Kier molecular flexibility index (Phi) is 4.84. The fourth-order valence-corrected chi connectivity index (χ4v) is 2.50. The number of benzene rings is 2. The van der Waals surface area contributed by atoms with Crippen LogP contribution in [0, 0.1) is 0 Å². The first-order valence-electron chi connectivity index (χ1n) is 7.71. The molecule has 1 unspecified atom stereocenters. The first-order chi connectivity index (χ1) is 11.7. The van der Waals surface area contributed by atoms with Gasteiger partial charge in [0, 0.05) is 5.56 Å². The zero-order chi connectivity index (χ0) is 16.9. The maximum atomic E-state index is 12.7. The summed E-state index contributed by atoms with van der Waals surface area (Å²) in [6.07, 6.45) is -1.04. The van der Waals surface area contributed by atoms with Gasteiger partial charge in [0.2, 0.25) is 0 Å². The largest absolute Gasteiger partial charge is 0.394 e. The number of aliphatic hydroxyl groups excluding tert-OH is 2. The Hall–Kier alpha value is -2.76. The van der Waals surface area contributed by atoms with E-state index >= 15 is 0 Å². The summed E-state index contributed by atoms with van der Waals surface area (Å²) in [4.78, 5) is 12.7. The van der Waals surface area contributed by atoms with Crippen LogP contribution < -0.4 is 5.56 Å². The molecule has 2 N–H and O–H groups in total. The highest BCUT2D eigenvalue weighted by atomic mass is 16.3. The highest BCUT2D eigenvalue weighted by Gasteiger charge is 2.14. The monoisotopic (exact) mass is 322 g/mol. The maximum Gasteiger partial charge on any atom is 0.274 e. The van der Waals surface area contributed by atoms with Crippen LogP contribution >= 0.6 is 0 Å². The van der Waals surface area contributed by atoms with Crippen LogP contribution in [0.3, 0.4) is 0 Å². The number of nitrogens with zero attached hydrogens (tertiary/aromatic N) is 2. The Bertz CT molecular complexity index is 861. The van der Waals surface area contributed by atoms with Crippen molar-refractivity contribution in [1.82, 2.24) is 9.78 Å². The molecule has 1 aromatic heterocycles. The molecule has 0 fully saturated rings. The molecule has 0 aliphatic carbocycles. The molecule has 1 heterocycles. The van der Waals surface area contributed by atoms with Gasteiger partial charge >= 0.3 is 0 Å². The predicted octanol–water partition coefficient (Wildman–Crippen LogP) is 1.93. The van der Waals surface area contributed by atoms with Crippen LogP contribution in [0.25, 0.3) is 22.4 Å². The van der Waals surface area contributed by atoms with Crippen LogP contribution in [0.1, 0.15) is 0 Å². The third-order valence-electron chi connectivity index (χ3n) is 3.72. The highest BCUT2D eigenvalue weighted by Crippen LogP contribution is 2.21. The lowest BCUT2D eigenvalue weighted by Gasteiger charge is -2.13. The van der Waals surface area contributed by atoms with Crippen LogP contribution in [-0.2, 0) is 6.54 Å². The summed E-state index contributed by atoms with van der Waals surface area (Å²) in [6, 6.07) is 20.6. The number of rotatable bonds is 5. The standard InChI is InChI=1S/C19H18N2O3/c22-13-16(23)12-21-19(24)17(14-7-3-1-4-8-14)11-18(20-21)15-9-5-2-6-10-15/h1-11,16,22-23H,12-13H2. The van der Waals surface area contributed by atoms with Crippen molar-refractivity contribution in [2.24, 2.45) is 0 Å². The SMILES string of the molecule is O=c1c(-c2ccccc2)cc(-c2ccccc2)nn1CC(O)CO. The fourth-order valence-electron chi connectivity index (χ4n) is 2.50. The molecule has 0 aliphatic rings. The molecular formula is C19H18N2O3. The minimum atomic E-state index is -1.04. The van der Waals surface area contributed by atoms with Gasteiger partial charge in [0.15, 0.2) is 0 Å². The molecule has 122 valence electrons. The van der Waals surface area contributed by atoms with Crippen molar-refractivity contribution in [3.05, 3.63) is 77.1 Å². The average Bonchev–Trinajstić information content (AvgIpc) is 2.64. The minimum Gasteiger partial charge on any atom is -0.394 e. The van der Waals surface area contributed by atoms with Gasteiger partial charge in [-0.3, -0.25) is 4.79 Å². The lowest BCUT2D eigenvalue weighted by molar-refractivity contribution is 0.0771. The molecule has 5 heteroatoms. The molecule has 0 saturated heterocycles. The predicted molar refractivity (Wildman–Crippen MR) is 92.5 cm³/mol. The number of aromatic nitrogens is 2. The number of aliphatic hydroxyl groups is 2. The van der Waals surface area contributed by atoms with E-state index < -0.39 is 12.7 Å². The first-order valence-corrected chi connectivity index (χ1v) is 7.71. The summed E-state index contributed by atoms with van der Waals surface area (Å²) in [7, 11) is 0. The van der Waals surface area contributed by atoms with Crippen LogP contribution in [0.4, 0.5) is 0 Å². The third kappa shape index (κ3) is 3.42. The van der Waals surface area contributed by atoms with E-state index in [1.165, 1.54) is 4.68 Å². The van der Waals surface area contributed by atoms with Gasteiger partial charge in [-0.25, -0.2) is 4.68 Å². The molecule has 0 saturated carbocycles. The molecule has 0 aliphatic heterocycles. The second-order valence-electron chi connectivity index (χ2n) is 5.50. The second kappa shape index (κ2) is 7.21. The molecule has 1 atom stereocenters. The molecule has 0 spiro atoms. The first kappa shape index (κ1) is 16.1. The second-order valence-corrected chi connectivity index (χ2v) is 5.50. The molecule has 3 rings (SSSR count). The summed E-state index contributed by atoms with van der Waals surface area (Å²) in [6.45, 7) is -0.486. The third-order valence-corrected chi connectivity index (χ3v) is 3.72. The van der Waals surface area contributed by atoms with E-state index in [-0.39, 0.29) is 12.1 Å². The molecule has 24 heavy (non-hydrogen) atoms. The number of hydrogen-bond acceptors (Lipinski definition) is 4. The zero-order valence-electron chi connectivity index (χ0n) is 13.0. The summed E-state index contributed by atoms with van der Waals surface area (Å²) in [5.41, 5.74) is 2.51. The summed E-state index contributed by atoms with van der Waals surface area (Å²) in [5.74, 6) is 0. The van der Waals surface area contributed by atoms with E-state index in [9.17, 15) is 9.90 Å². The lowest BCUT2D eigenvalue weighted by atomic mass is 10.0. The zero-order valence-corrected chi connectivity index (χ0v) is 13.0. The van der Waals surface area contributed by atoms with Gasteiger partial charge in [-0.05, 0) is 11.6 Å². The minimum absolute atomic E-state index is 0.0597. The van der Waals surface area contributed by atoms with E-state index in [2.05, 4.69) is 5.10 Å². The lowest BCUT2D eigenvalue weighted by Crippen LogP contribution is -2.31. The Labute approximate surface area is 139 Å². The normalized spacial score (nSPS) is 12.1. The molecule has 0 radical (unpaired) electrons. The van der Waals surface area contributed by atoms with Crippen LogP contribution in [-0.4, -0.2) is 32.7 Å². The molecule has 5 nitrogen and oxygen atoms in total. The van der Waals surface area contributed by atoms with Crippen molar-refractivity contribution >= 4 is 0 Å². The van der Waals surface area contributed by atoms with Crippen molar-refractivity contribution in [3.8, 4) is 22.4 Å². The molecule has 0 amide bonds. The molecule has 2 aromatic carbocycles. The Morgan fingerprint density at radius 2 is 1.54 bits per heavy atom. The fraction of sp³-hybridized carbons (Fsp3) is 0.158. The van der Waals surface area contributed by atoms with Crippen LogP contribution in [0.5, 0.6) is 0 Å². The topological polar surface area (TPSA) is 75.4 Å². The summed E-state index contributed by atoms with van der Waals surface area (Å²) in [5, 5.41) is 23.1. The molecule has 0 bridgehead atoms. The van der Waals surface area contributed by atoms with E-state index in [4.69, 9.17) is 5.11 Å². The molecule has 3 aromatic rings. The van der Waals surface area contributed by atoms with E-state index in [0.717, 1.165) is 11.1 Å². The van der Waals surface area contributed by atoms with Crippen molar-refractivity contribution in [2.45, 2.75) is 12.6 Å². The number of hydrogen-bond donors (Lipinski definition) is 2. The van der Waals surface area contributed by atoms with Gasteiger partial charge in [-0.15, -0.1) is 0 Å². The van der Waals surface area contributed by atoms with Crippen LogP contribution in [0.2, 0.25) is 0 Å². The Balaban J connectivity index is 2.17. The van der Waals surface area contributed by atoms with E-state index in [0.29, 0.717) is 11.3 Å². The van der Waals surface area contributed by atoms with Gasteiger partial charge in [-0.1, -0.05) is 60.7 Å². The van der Waals surface area contributed by atoms with E-state index in [1.54, 1.807) is 6.07 Å². The highest BCUT2D eigenvalue weighted by molar-refractivity contribution is 5.69. The van der Waals surface area contributed by atoms with Gasteiger partial charge in [-0.2, -0.15) is 5.10 Å². The van der Waals surface area contributed by atoms with Gasteiger partial charge < -0.3 is 10.2 Å². The molecular weight excluding hydrogens is 304 g/mol. The van der Waals surface area contributed by atoms with E-state index in [1.807, 2.05) is 60.7 Å². The van der Waals surface area contributed by atoms with Crippen molar-refractivity contribution in [1.29, 1.82) is 0 Å². The van der Waals surface area contributed by atoms with Crippen LogP contribution in [0.15, 0.2) is 71.5 Å².